The van der Waals surface area contributed by atoms with Crippen molar-refractivity contribution < 1.29 is 19.1 Å². The molecule has 1 aliphatic rings. The van der Waals surface area contributed by atoms with E-state index in [1.165, 1.54) is 22.7 Å². The van der Waals surface area contributed by atoms with E-state index in [9.17, 15) is 9.59 Å². The molecule has 162 valence electrons. The van der Waals surface area contributed by atoms with Crippen LogP contribution in [-0.2, 0) is 4.79 Å². The predicted molar refractivity (Wildman–Crippen MR) is 122 cm³/mol. The largest absolute Gasteiger partial charge is 0.497 e. The smallest absolute Gasteiger partial charge is 0.263 e. The lowest BCUT2D eigenvalue weighted by molar-refractivity contribution is -0.121. The molecule has 0 saturated carbocycles. The fourth-order valence-electron chi connectivity index (χ4n) is 3.57. The Morgan fingerprint density at radius 1 is 1.13 bits per heavy atom. The number of piperidine rings is 1. The number of ether oxygens (including phenoxy) is 2. The number of thiophene rings is 1. The van der Waals surface area contributed by atoms with E-state index < -0.39 is 0 Å². The second kappa shape index (κ2) is 9.49. The fourth-order valence-corrected chi connectivity index (χ4v) is 4.98. The van der Waals surface area contributed by atoms with Gasteiger partial charge in [0.05, 0.1) is 24.8 Å². The Hall–Kier alpha value is -2.91. The van der Waals surface area contributed by atoms with Crippen molar-refractivity contribution in [1.82, 2.24) is 9.88 Å². The quantitative estimate of drug-likeness (QED) is 0.594. The average Bonchev–Trinajstić information content (AvgIpc) is 3.51. The van der Waals surface area contributed by atoms with Crippen LogP contribution in [0.25, 0.3) is 11.3 Å². The zero-order valence-electron chi connectivity index (χ0n) is 17.3. The maximum Gasteiger partial charge on any atom is 0.263 e. The molecule has 9 heteroatoms. The number of aromatic nitrogens is 1. The molecule has 0 unspecified atom stereocenters. The van der Waals surface area contributed by atoms with Crippen molar-refractivity contribution in [2.24, 2.45) is 5.92 Å². The molecule has 1 fully saturated rings. The van der Waals surface area contributed by atoms with Gasteiger partial charge in [-0.05, 0) is 36.4 Å². The van der Waals surface area contributed by atoms with Crippen molar-refractivity contribution in [2.45, 2.75) is 12.8 Å². The molecule has 0 spiro atoms. The summed E-state index contributed by atoms with van der Waals surface area (Å²) in [6.07, 6.45) is 1.29. The highest BCUT2D eigenvalue weighted by molar-refractivity contribution is 7.14. The minimum Gasteiger partial charge on any atom is -0.497 e. The summed E-state index contributed by atoms with van der Waals surface area (Å²) in [6, 6.07) is 9.25. The standard InChI is InChI=1S/C22H23N3O4S2/c1-28-15-5-6-16(18(12-15)29-2)17-13-31-22(23-17)24-20(26)14-7-9-25(10-8-14)21(27)19-4-3-11-30-19/h3-6,11-14H,7-10H2,1-2H3,(H,23,24,26). The number of nitrogens with zero attached hydrogens (tertiary/aromatic N) is 2. The molecular weight excluding hydrogens is 434 g/mol. The number of thiazole rings is 1. The molecule has 0 bridgehead atoms. The van der Waals surface area contributed by atoms with E-state index in [2.05, 4.69) is 10.3 Å². The minimum atomic E-state index is -0.129. The third kappa shape index (κ3) is 4.72. The zero-order valence-corrected chi connectivity index (χ0v) is 18.9. The molecular formula is C22H23N3O4S2. The highest BCUT2D eigenvalue weighted by Gasteiger charge is 2.28. The van der Waals surface area contributed by atoms with Gasteiger partial charge >= 0.3 is 0 Å². The number of likely N-dealkylation sites (tertiary alicyclic amines) is 1. The first-order valence-electron chi connectivity index (χ1n) is 9.90. The van der Waals surface area contributed by atoms with Crippen LogP contribution in [0, 0.1) is 5.92 Å². The number of hydrogen-bond acceptors (Lipinski definition) is 7. The summed E-state index contributed by atoms with van der Waals surface area (Å²) >= 11 is 2.82. The van der Waals surface area contributed by atoms with Crippen molar-refractivity contribution in [3.63, 3.8) is 0 Å². The first kappa shape index (κ1) is 21.3. The highest BCUT2D eigenvalue weighted by Crippen LogP contribution is 2.35. The summed E-state index contributed by atoms with van der Waals surface area (Å²) in [5.41, 5.74) is 1.57. The fraction of sp³-hybridized carbons (Fsp3) is 0.318. The number of hydrogen-bond donors (Lipinski definition) is 1. The van der Waals surface area contributed by atoms with Crippen LogP contribution >= 0.6 is 22.7 Å². The summed E-state index contributed by atoms with van der Waals surface area (Å²) < 4.78 is 10.7. The molecule has 4 rings (SSSR count). The molecule has 1 aromatic carbocycles. The van der Waals surface area contributed by atoms with Gasteiger partial charge in [-0.1, -0.05) is 6.07 Å². The van der Waals surface area contributed by atoms with Crippen molar-refractivity contribution >= 4 is 39.6 Å². The SMILES string of the molecule is COc1ccc(-c2csc(NC(=O)C3CCN(C(=O)c4cccs4)CC3)n2)c(OC)c1. The van der Waals surface area contributed by atoms with Crippen molar-refractivity contribution in [3.05, 3.63) is 46.0 Å². The van der Waals surface area contributed by atoms with E-state index in [0.29, 0.717) is 42.6 Å². The van der Waals surface area contributed by atoms with Gasteiger partial charge in [-0.2, -0.15) is 0 Å². The van der Waals surface area contributed by atoms with Crippen LogP contribution in [0.5, 0.6) is 11.5 Å². The Balaban J connectivity index is 1.36. The molecule has 1 aliphatic heterocycles. The molecule has 0 aliphatic carbocycles. The molecule has 1 saturated heterocycles. The monoisotopic (exact) mass is 457 g/mol. The van der Waals surface area contributed by atoms with E-state index in [4.69, 9.17) is 9.47 Å². The van der Waals surface area contributed by atoms with Gasteiger partial charge in [0.1, 0.15) is 11.5 Å². The second-order valence-electron chi connectivity index (χ2n) is 7.14. The van der Waals surface area contributed by atoms with Crippen LogP contribution in [0.3, 0.4) is 0 Å². The van der Waals surface area contributed by atoms with Crippen LogP contribution in [0.15, 0.2) is 41.1 Å². The number of carbonyl (C=O) groups is 2. The van der Waals surface area contributed by atoms with Gasteiger partial charge in [0.25, 0.3) is 5.91 Å². The number of anilines is 1. The Labute approximate surface area is 188 Å². The third-order valence-electron chi connectivity index (χ3n) is 5.30. The lowest BCUT2D eigenvalue weighted by Gasteiger charge is -2.30. The van der Waals surface area contributed by atoms with Gasteiger partial charge in [0, 0.05) is 36.0 Å². The first-order valence-corrected chi connectivity index (χ1v) is 11.7. The molecule has 31 heavy (non-hydrogen) atoms. The number of methoxy groups -OCH3 is 2. The summed E-state index contributed by atoms with van der Waals surface area (Å²) in [7, 11) is 3.20. The van der Waals surface area contributed by atoms with Gasteiger partial charge in [0.15, 0.2) is 5.13 Å². The lowest BCUT2D eigenvalue weighted by atomic mass is 9.96. The van der Waals surface area contributed by atoms with Gasteiger partial charge in [0.2, 0.25) is 5.91 Å². The summed E-state index contributed by atoms with van der Waals surface area (Å²) in [4.78, 5) is 32.3. The van der Waals surface area contributed by atoms with Crippen molar-refractivity contribution in [3.8, 4) is 22.8 Å². The molecule has 3 heterocycles. The minimum absolute atomic E-state index is 0.0480. The number of rotatable bonds is 6. The zero-order chi connectivity index (χ0) is 21.8. The molecule has 2 aromatic heterocycles. The van der Waals surface area contributed by atoms with Crippen molar-refractivity contribution in [1.29, 1.82) is 0 Å². The normalized spacial score (nSPS) is 14.3. The van der Waals surface area contributed by atoms with E-state index in [1.807, 2.05) is 39.9 Å². The van der Waals surface area contributed by atoms with E-state index in [1.54, 1.807) is 20.3 Å². The molecule has 0 radical (unpaired) electrons. The predicted octanol–water partition coefficient (Wildman–Crippen LogP) is 4.38. The second-order valence-corrected chi connectivity index (χ2v) is 8.94. The maximum atomic E-state index is 12.7. The van der Waals surface area contributed by atoms with Gasteiger partial charge in [-0.25, -0.2) is 4.98 Å². The molecule has 0 atom stereocenters. The Kier molecular flexibility index (Phi) is 6.53. The summed E-state index contributed by atoms with van der Waals surface area (Å²) in [5, 5.41) is 7.28. The average molecular weight is 458 g/mol. The summed E-state index contributed by atoms with van der Waals surface area (Å²) in [6.45, 7) is 1.17. The number of carbonyl (C=O) groups excluding carboxylic acids is 2. The van der Waals surface area contributed by atoms with Gasteiger partial charge in [-0.3, -0.25) is 9.59 Å². The maximum absolute atomic E-state index is 12.7. The first-order chi connectivity index (χ1) is 15.1. The topological polar surface area (TPSA) is 80.8 Å². The van der Waals surface area contributed by atoms with E-state index >= 15 is 0 Å². The summed E-state index contributed by atoms with van der Waals surface area (Å²) in [5.74, 6) is 1.23. The lowest BCUT2D eigenvalue weighted by Crippen LogP contribution is -2.41. The van der Waals surface area contributed by atoms with Crippen LogP contribution < -0.4 is 14.8 Å². The van der Waals surface area contributed by atoms with Crippen LogP contribution in [0.1, 0.15) is 22.5 Å². The number of benzene rings is 1. The Morgan fingerprint density at radius 2 is 1.94 bits per heavy atom. The van der Waals surface area contributed by atoms with Gasteiger partial charge < -0.3 is 19.7 Å². The molecule has 7 nitrogen and oxygen atoms in total. The Morgan fingerprint density at radius 3 is 2.61 bits per heavy atom. The van der Waals surface area contributed by atoms with Crippen LogP contribution in [0.4, 0.5) is 5.13 Å². The van der Waals surface area contributed by atoms with Crippen LogP contribution in [0.2, 0.25) is 0 Å². The van der Waals surface area contributed by atoms with Gasteiger partial charge in [-0.15, -0.1) is 22.7 Å². The molecule has 1 N–H and O–H groups in total. The molecule has 3 aromatic rings. The molecule has 2 amide bonds. The Bertz CT molecular complexity index is 1060. The van der Waals surface area contributed by atoms with Crippen LogP contribution in [-0.4, -0.2) is 49.0 Å². The third-order valence-corrected chi connectivity index (χ3v) is 6.92. The number of amides is 2. The van der Waals surface area contributed by atoms with Crippen molar-refractivity contribution in [2.75, 3.05) is 32.6 Å². The van der Waals surface area contributed by atoms with E-state index in [0.717, 1.165) is 16.1 Å². The number of nitrogens with one attached hydrogen (secondary N) is 1. The highest BCUT2D eigenvalue weighted by atomic mass is 32.1. The van der Waals surface area contributed by atoms with E-state index in [-0.39, 0.29) is 17.7 Å².